The first-order chi connectivity index (χ1) is 9.70. The van der Waals surface area contributed by atoms with E-state index in [-0.39, 0.29) is 5.54 Å². The predicted octanol–water partition coefficient (Wildman–Crippen LogP) is 2.02. The molecule has 1 fully saturated rings. The Morgan fingerprint density at radius 3 is 2.95 bits per heavy atom. The summed E-state index contributed by atoms with van der Waals surface area (Å²) in [5.74, 6) is 0.905. The van der Waals surface area contributed by atoms with E-state index in [2.05, 4.69) is 24.1 Å². The molecule has 4 nitrogen and oxygen atoms in total. The lowest BCUT2D eigenvalue weighted by atomic mass is 9.88. The number of hydrogen-bond acceptors (Lipinski definition) is 4. The van der Waals surface area contributed by atoms with Crippen molar-refractivity contribution in [3.63, 3.8) is 0 Å². The third-order valence-electron chi connectivity index (χ3n) is 4.39. The summed E-state index contributed by atoms with van der Waals surface area (Å²) >= 11 is 0. The average Bonchev–Trinajstić information content (AvgIpc) is 2.74. The van der Waals surface area contributed by atoms with Crippen LogP contribution < -0.4 is 10.5 Å². The van der Waals surface area contributed by atoms with E-state index in [1.807, 2.05) is 12.1 Å². The van der Waals surface area contributed by atoms with E-state index >= 15 is 0 Å². The predicted molar refractivity (Wildman–Crippen MR) is 80.9 cm³/mol. The zero-order valence-corrected chi connectivity index (χ0v) is 12.6. The number of hydrogen-bond donors (Lipinski definition) is 1. The van der Waals surface area contributed by atoms with E-state index < -0.39 is 0 Å². The second-order valence-electron chi connectivity index (χ2n) is 5.60. The van der Waals surface area contributed by atoms with Crippen LogP contribution in [-0.2, 0) is 11.3 Å². The van der Waals surface area contributed by atoms with Gasteiger partial charge in [0.15, 0.2) is 0 Å². The zero-order chi connectivity index (χ0) is 14.4. The number of rotatable bonds is 5. The Labute approximate surface area is 121 Å². The van der Waals surface area contributed by atoms with Crippen LogP contribution in [0.15, 0.2) is 24.3 Å². The van der Waals surface area contributed by atoms with E-state index in [1.165, 1.54) is 5.56 Å². The molecular formula is C16H26N2O2. The maximum absolute atomic E-state index is 6.10. The maximum atomic E-state index is 6.10. The van der Waals surface area contributed by atoms with Crippen LogP contribution in [0, 0.1) is 0 Å². The summed E-state index contributed by atoms with van der Waals surface area (Å²) in [5, 5.41) is 0. The Kier molecular flexibility index (Phi) is 5.40. The van der Waals surface area contributed by atoms with Crippen LogP contribution in [0.1, 0.15) is 24.8 Å². The second kappa shape index (κ2) is 7.07. The number of nitrogens with zero attached hydrogens (tertiary/aromatic N) is 1. The molecule has 0 radical (unpaired) electrons. The van der Waals surface area contributed by atoms with Crippen LogP contribution in [0.3, 0.4) is 0 Å². The van der Waals surface area contributed by atoms with Crippen molar-refractivity contribution in [2.75, 3.05) is 33.9 Å². The van der Waals surface area contributed by atoms with Crippen LogP contribution in [0.25, 0.3) is 0 Å². The van der Waals surface area contributed by atoms with Gasteiger partial charge in [-0.25, -0.2) is 0 Å². The molecule has 4 heteroatoms. The minimum atomic E-state index is 0.0551. The first kappa shape index (κ1) is 15.3. The van der Waals surface area contributed by atoms with E-state index in [0.717, 1.165) is 44.8 Å². The van der Waals surface area contributed by atoms with E-state index in [0.29, 0.717) is 6.54 Å². The quantitative estimate of drug-likeness (QED) is 0.895. The topological polar surface area (TPSA) is 47.7 Å². The van der Waals surface area contributed by atoms with E-state index in [9.17, 15) is 0 Å². The molecule has 1 aliphatic rings. The highest BCUT2D eigenvalue weighted by molar-refractivity contribution is 5.28. The Balaban J connectivity index is 2.09. The van der Waals surface area contributed by atoms with Gasteiger partial charge in [-0.3, -0.25) is 4.90 Å². The lowest BCUT2D eigenvalue weighted by Crippen LogP contribution is -2.51. The van der Waals surface area contributed by atoms with Gasteiger partial charge in [0.05, 0.1) is 7.11 Å². The number of benzene rings is 1. The zero-order valence-electron chi connectivity index (χ0n) is 12.6. The molecule has 20 heavy (non-hydrogen) atoms. The summed E-state index contributed by atoms with van der Waals surface area (Å²) in [5.41, 5.74) is 7.41. The monoisotopic (exact) mass is 278 g/mol. The fourth-order valence-corrected chi connectivity index (χ4v) is 2.95. The summed E-state index contributed by atoms with van der Waals surface area (Å²) in [6, 6.07) is 8.24. The van der Waals surface area contributed by atoms with Gasteiger partial charge in [-0.2, -0.15) is 0 Å². The van der Waals surface area contributed by atoms with Gasteiger partial charge in [0.2, 0.25) is 0 Å². The summed E-state index contributed by atoms with van der Waals surface area (Å²) in [7, 11) is 3.87. The van der Waals surface area contributed by atoms with Gasteiger partial charge in [0, 0.05) is 31.8 Å². The normalized spacial score (nSPS) is 23.6. The lowest BCUT2D eigenvalue weighted by Gasteiger charge is -2.40. The average molecular weight is 278 g/mol. The standard InChI is InChI=1S/C16H26N2O2/c1-18(12-14-5-3-6-15(11-14)19-2)16(13-17)7-4-9-20-10-8-16/h3,5-6,11H,4,7-10,12-13,17H2,1-2H3. The van der Waals surface area contributed by atoms with Gasteiger partial charge in [0.1, 0.15) is 5.75 Å². The number of methoxy groups -OCH3 is 1. The van der Waals surface area contributed by atoms with Crippen LogP contribution in [-0.4, -0.2) is 44.4 Å². The van der Waals surface area contributed by atoms with Crippen LogP contribution in [0.2, 0.25) is 0 Å². The molecular weight excluding hydrogens is 252 g/mol. The molecule has 2 N–H and O–H groups in total. The minimum Gasteiger partial charge on any atom is -0.497 e. The Hall–Kier alpha value is -1.10. The fourth-order valence-electron chi connectivity index (χ4n) is 2.95. The van der Waals surface area contributed by atoms with E-state index in [4.69, 9.17) is 15.2 Å². The third-order valence-corrected chi connectivity index (χ3v) is 4.39. The molecule has 0 saturated carbocycles. The Morgan fingerprint density at radius 2 is 2.20 bits per heavy atom. The van der Waals surface area contributed by atoms with Gasteiger partial charge >= 0.3 is 0 Å². The second-order valence-corrected chi connectivity index (χ2v) is 5.60. The fraction of sp³-hybridized carbons (Fsp3) is 0.625. The molecule has 1 aromatic carbocycles. The smallest absolute Gasteiger partial charge is 0.119 e. The molecule has 1 aromatic rings. The molecule has 1 unspecified atom stereocenters. The van der Waals surface area contributed by atoms with Crippen molar-refractivity contribution >= 4 is 0 Å². The molecule has 2 rings (SSSR count). The molecule has 0 bridgehead atoms. The SMILES string of the molecule is COc1cccc(CN(C)C2(CN)CCCOCC2)c1. The van der Waals surface area contributed by atoms with Crippen molar-refractivity contribution in [1.29, 1.82) is 0 Å². The van der Waals surface area contributed by atoms with Gasteiger partial charge in [0.25, 0.3) is 0 Å². The summed E-state index contributed by atoms with van der Waals surface area (Å²) in [6.07, 6.45) is 3.19. The van der Waals surface area contributed by atoms with Gasteiger partial charge in [-0.1, -0.05) is 12.1 Å². The Bertz CT molecular complexity index is 415. The van der Waals surface area contributed by atoms with Gasteiger partial charge < -0.3 is 15.2 Å². The van der Waals surface area contributed by atoms with Crippen molar-refractivity contribution in [3.05, 3.63) is 29.8 Å². The van der Waals surface area contributed by atoms with Crippen LogP contribution in [0.4, 0.5) is 0 Å². The van der Waals surface area contributed by atoms with Crippen molar-refractivity contribution < 1.29 is 9.47 Å². The van der Waals surface area contributed by atoms with Crippen molar-refractivity contribution in [2.45, 2.75) is 31.3 Å². The summed E-state index contributed by atoms with van der Waals surface area (Å²) in [4.78, 5) is 2.39. The number of nitrogens with two attached hydrogens (primary N) is 1. The molecule has 0 spiro atoms. The highest BCUT2D eigenvalue weighted by atomic mass is 16.5. The first-order valence-corrected chi connectivity index (χ1v) is 7.32. The minimum absolute atomic E-state index is 0.0551. The van der Waals surface area contributed by atoms with Gasteiger partial charge in [-0.05, 0) is 44.0 Å². The molecule has 1 atom stereocenters. The number of likely N-dealkylation sites (N-methyl/N-ethyl adjacent to an activating group) is 1. The highest BCUT2D eigenvalue weighted by Crippen LogP contribution is 2.28. The molecule has 0 aromatic heterocycles. The largest absolute Gasteiger partial charge is 0.497 e. The van der Waals surface area contributed by atoms with Crippen molar-refractivity contribution in [1.82, 2.24) is 4.90 Å². The first-order valence-electron chi connectivity index (χ1n) is 7.32. The summed E-state index contributed by atoms with van der Waals surface area (Å²) in [6.45, 7) is 3.22. The lowest BCUT2D eigenvalue weighted by molar-refractivity contribution is 0.0834. The van der Waals surface area contributed by atoms with Crippen molar-refractivity contribution in [2.24, 2.45) is 5.73 Å². The maximum Gasteiger partial charge on any atom is 0.119 e. The van der Waals surface area contributed by atoms with Crippen molar-refractivity contribution in [3.8, 4) is 5.75 Å². The highest BCUT2D eigenvalue weighted by Gasteiger charge is 2.33. The van der Waals surface area contributed by atoms with Crippen LogP contribution >= 0.6 is 0 Å². The summed E-state index contributed by atoms with van der Waals surface area (Å²) < 4.78 is 10.9. The molecule has 1 aliphatic heterocycles. The number of ether oxygens (including phenoxy) is 2. The Morgan fingerprint density at radius 1 is 1.35 bits per heavy atom. The van der Waals surface area contributed by atoms with Crippen LogP contribution in [0.5, 0.6) is 5.75 Å². The molecule has 1 saturated heterocycles. The van der Waals surface area contributed by atoms with E-state index in [1.54, 1.807) is 7.11 Å². The molecule has 112 valence electrons. The third kappa shape index (κ3) is 3.51. The molecule has 0 amide bonds. The molecule has 1 heterocycles. The van der Waals surface area contributed by atoms with Gasteiger partial charge in [-0.15, -0.1) is 0 Å². The molecule has 0 aliphatic carbocycles.